The Morgan fingerprint density at radius 1 is 1.15 bits per heavy atom. The Labute approximate surface area is 155 Å². The summed E-state index contributed by atoms with van der Waals surface area (Å²) < 4.78 is 44.8. The van der Waals surface area contributed by atoms with Crippen LogP contribution in [-0.2, 0) is 26.9 Å². The van der Waals surface area contributed by atoms with Crippen LogP contribution in [0.2, 0.25) is 0 Å². The minimum absolute atomic E-state index is 0.0257. The van der Waals surface area contributed by atoms with Crippen molar-refractivity contribution in [1.82, 2.24) is 4.90 Å². The second kappa shape index (κ2) is 7.88. The number of likely N-dealkylation sites (tertiary alicyclic amines) is 1. The van der Waals surface area contributed by atoms with Crippen LogP contribution in [0.5, 0.6) is 0 Å². The van der Waals surface area contributed by atoms with Gasteiger partial charge in [-0.25, -0.2) is 0 Å². The van der Waals surface area contributed by atoms with Gasteiger partial charge in [0.15, 0.2) is 0 Å². The Kier molecular flexibility index (Phi) is 5.74. The topological polar surface area (TPSA) is 66.8 Å². The smallest absolute Gasteiger partial charge is 0.416 e. The SMILES string of the molecule is O=C(O)C1CCO[C@H]1C1CCN(C(=O)Cc2ccccc2C(F)(F)F)CC1. The molecule has 2 aliphatic rings. The predicted molar refractivity (Wildman–Crippen MR) is 89.9 cm³/mol. The molecular weight excluding hydrogens is 363 g/mol. The van der Waals surface area contributed by atoms with Crippen molar-refractivity contribution in [1.29, 1.82) is 0 Å². The van der Waals surface area contributed by atoms with Crippen LogP contribution >= 0.6 is 0 Å². The summed E-state index contributed by atoms with van der Waals surface area (Å²) in [5, 5.41) is 9.27. The number of hydrogen-bond donors (Lipinski definition) is 1. The van der Waals surface area contributed by atoms with Crippen molar-refractivity contribution in [2.75, 3.05) is 19.7 Å². The third kappa shape index (κ3) is 4.43. The largest absolute Gasteiger partial charge is 0.481 e. The van der Waals surface area contributed by atoms with E-state index >= 15 is 0 Å². The van der Waals surface area contributed by atoms with Gasteiger partial charge >= 0.3 is 12.1 Å². The van der Waals surface area contributed by atoms with Crippen LogP contribution in [-0.4, -0.2) is 47.7 Å². The molecule has 0 bridgehead atoms. The number of alkyl halides is 3. The second-order valence-electron chi connectivity index (χ2n) is 7.12. The van der Waals surface area contributed by atoms with Gasteiger partial charge in [-0.3, -0.25) is 9.59 Å². The summed E-state index contributed by atoms with van der Waals surface area (Å²) in [6, 6.07) is 5.12. The van der Waals surface area contributed by atoms with E-state index in [0.717, 1.165) is 6.07 Å². The summed E-state index contributed by atoms with van der Waals surface area (Å²) >= 11 is 0. The Morgan fingerprint density at radius 2 is 1.81 bits per heavy atom. The van der Waals surface area contributed by atoms with Crippen LogP contribution in [0.15, 0.2) is 24.3 Å². The van der Waals surface area contributed by atoms with E-state index in [9.17, 15) is 27.9 Å². The molecule has 27 heavy (non-hydrogen) atoms. The number of ether oxygens (including phenoxy) is 1. The number of nitrogens with zero attached hydrogens (tertiary/aromatic N) is 1. The van der Waals surface area contributed by atoms with Crippen LogP contribution in [0.4, 0.5) is 13.2 Å². The highest BCUT2D eigenvalue weighted by Crippen LogP contribution is 2.34. The van der Waals surface area contributed by atoms with Crippen molar-refractivity contribution < 1.29 is 32.6 Å². The normalized spacial score (nSPS) is 24.2. The summed E-state index contributed by atoms with van der Waals surface area (Å²) in [6.07, 6.45) is -3.44. The number of halogens is 3. The number of hydrogen-bond acceptors (Lipinski definition) is 3. The van der Waals surface area contributed by atoms with Gasteiger partial charge in [0.1, 0.15) is 0 Å². The van der Waals surface area contributed by atoms with Gasteiger partial charge in [0.05, 0.1) is 24.0 Å². The zero-order chi connectivity index (χ0) is 19.6. The molecule has 0 aromatic heterocycles. The molecule has 0 saturated carbocycles. The fourth-order valence-electron chi connectivity index (χ4n) is 4.04. The Balaban J connectivity index is 1.59. The predicted octanol–water partition coefficient (Wildman–Crippen LogP) is 2.98. The number of carbonyl (C=O) groups excluding carboxylic acids is 1. The van der Waals surface area contributed by atoms with Crippen molar-refractivity contribution in [2.24, 2.45) is 11.8 Å². The molecular formula is C19H22F3NO4. The summed E-state index contributed by atoms with van der Waals surface area (Å²) in [5.41, 5.74) is -0.806. The summed E-state index contributed by atoms with van der Waals surface area (Å²) in [7, 11) is 0. The lowest BCUT2D eigenvalue weighted by atomic mass is 9.84. The Bertz CT molecular complexity index is 698. The zero-order valence-electron chi connectivity index (χ0n) is 14.7. The van der Waals surface area contributed by atoms with E-state index in [4.69, 9.17) is 4.74 Å². The van der Waals surface area contributed by atoms with Crippen LogP contribution in [0.1, 0.15) is 30.4 Å². The number of carboxylic acid groups (broad SMARTS) is 1. The first-order chi connectivity index (χ1) is 12.8. The minimum atomic E-state index is -4.49. The second-order valence-corrected chi connectivity index (χ2v) is 7.12. The molecule has 2 heterocycles. The first-order valence-electron chi connectivity index (χ1n) is 9.04. The average molecular weight is 385 g/mol. The quantitative estimate of drug-likeness (QED) is 0.865. The van der Waals surface area contributed by atoms with Crippen LogP contribution in [0.3, 0.4) is 0 Å². The van der Waals surface area contributed by atoms with E-state index < -0.39 is 23.6 Å². The summed E-state index contributed by atoms with van der Waals surface area (Å²) in [4.78, 5) is 25.4. The van der Waals surface area contributed by atoms with Crippen molar-refractivity contribution in [3.8, 4) is 0 Å². The number of carboxylic acids is 1. The number of rotatable bonds is 4. The maximum Gasteiger partial charge on any atom is 0.416 e. The van der Waals surface area contributed by atoms with Gasteiger partial charge in [0.25, 0.3) is 0 Å². The fraction of sp³-hybridized carbons (Fsp3) is 0.579. The van der Waals surface area contributed by atoms with E-state index in [1.54, 1.807) is 4.90 Å². The molecule has 1 unspecified atom stereocenters. The van der Waals surface area contributed by atoms with E-state index in [1.807, 2.05) is 0 Å². The third-order valence-corrected chi connectivity index (χ3v) is 5.47. The number of carbonyl (C=O) groups is 2. The number of aliphatic carboxylic acids is 1. The van der Waals surface area contributed by atoms with Gasteiger partial charge in [0, 0.05) is 19.7 Å². The maximum atomic E-state index is 13.1. The van der Waals surface area contributed by atoms with Crippen LogP contribution in [0.25, 0.3) is 0 Å². The lowest BCUT2D eigenvalue weighted by Gasteiger charge is -2.35. The van der Waals surface area contributed by atoms with Gasteiger partial charge in [-0.1, -0.05) is 18.2 Å². The summed E-state index contributed by atoms with van der Waals surface area (Å²) in [6.45, 7) is 1.24. The van der Waals surface area contributed by atoms with Crippen molar-refractivity contribution in [3.63, 3.8) is 0 Å². The molecule has 0 radical (unpaired) electrons. The maximum absolute atomic E-state index is 13.1. The van der Waals surface area contributed by atoms with E-state index in [2.05, 4.69) is 0 Å². The highest BCUT2D eigenvalue weighted by molar-refractivity contribution is 5.79. The molecule has 2 aliphatic heterocycles. The van der Waals surface area contributed by atoms with Gasteiger partial charge in [-0.15, -0.1) is 0 Å². The number of amides is 1. The van der Waals surface area contributed by atoms with E-state index in [0.29, 0.717) is 39.0 Å². The van der Waals surface area contributed by atoms with Crippen molar-refractivity contribution in [3.05, 3.63) is 35.4 Å². The molecule has 2 saturated heterocycles. The molecule has 1 N–H and O–H groups in total. The van der Waals surface area contributed by atoms with Gasteiger partial charge < -0.3 is 14.7 Å². The van der Waals surface area contributed by atoms with Crippen LogP contribution in [0, 0.1) is 11.8 Å². The average Bonchev–Trinajstić information content (AvgIpc) is 3.11. The standard InChI is InChI=1S/C19H22F3NO4/c20-19(21,22)15-4-2-1-3-13(15)11-16(24)23-8-5-12(6-9-23)17-14(18(25)26)7-10-27-17/h1-4,12,14,17H,5-11H2,(H,25,26)/t14?,17-/m0/s1. The molecule has 2 fully saturated rings. The Morgan fingerprint density at radius 3 is 2.44 bits per heavy atom. The Hall–Kier alpha value is -2.09. The first-order valence-corrected chi connectivity index (χ1v) is 9.04. The van der Waals surface area contributed by atoms with Crippen LogP contribution < -0.4 is 0 Å². The molecule has 0 aliphatic carbocycles. The van der Waals surface area contributed by atoms with Gasteiger partial charge in [-0.05, 0) is 36.8 Å². The van der Waals surface area contributed by atoms with E-state index in [-0.39, 0.29) is 29.9 Å². The van der Waals surface area contributed by atoms with Crippen molar-refractivity contribution in [2.45, 2.75) is 38.0 Å². The lowest BCUT2D eigenvalue weighted by molar-refractivity contribution is -0.146. The monoisotopic (exact) mass is 385 g/mol. The zero-order valence-corrected chi connectivity index (χ0v) is 14.7. The minimum Gasteiger partial charge on any atom is -0.481 e. The molecule has 1 amide bonds. The summed E-state index contributed by atoms with van der Waals surface area (Å²) in [5.74, 6) is -1.66. The fourth-order valence-corrected chi connectivity index (χ4v) is 4.04. The van der Waals surface area contributed by atoms with Gasteiger partial charge in [0.2, 0.25) is 5.91 Å². The number of benzene rings is 1. The molecule has 1 aromatic carbocycles. The van der Waals surface area contributed by atoms with E-state index in [1.165, 1.54) is 18.2 Å². The van der Waals surface area contributed by atoms with Crippen molar-refractivity contribution >= 4 is 11.9 Å². The highest BCUT2D eigenvalue weighted by Gasteiger charge is 2.41. The third-order valence-electron chi connectivity index (χ3n) is 5.47. The van der Waals surface area contributed by atoms with Gasteiger partial charge in [-0.2, -0.15) is 13.2 Å². The molecule has 0 spiro atoms. The first kappa shape index (κ1) is 19.7. The molecule has 3 rings (SSSR count). The highest BCUT2D eigenvalue weighted by atomic mass is 19.4. The molecule has 5 nitrogen and oxygen atoms in total. The molecule has 148 valence electrons. The number of piperidine rings is 1. The molecule has 8 heteroatoms. The lowest BCUT2D eigenvalue weighted by Crippen LogP contribution is -2.43. The molecule has 1 aromatic rings. The molecule has 2 atom stereocenters.